The molecule has 0 bridgehead atoms. The average molecular weight is 354 g/mol. The monoisotopic (exact) mass is 354 g/mol. The zero-order chi connectivity index (χ0) is 18.4. The third kappa shape index (κ3) is 4.71. The lowest BCUT2D eigenvalue weighted by molar-refractivity contribution is -0.133. The number of benzene rings is 1. The molecule has 0 saturated carbocycles. The van der Waals surface area contributed by atoms with Crippen LogP contribution >= 0.6 is 0 Å². The van der Waals surface area contributed by atoms with Crippen LogP contribution in [0.25, 0.3) is 0 Å². The summed E-state index contributed by atoms with van der Waals surface area (Å²) in [7, 11) is 0. The Labute approximate surface area is 154 Å². The second-order valence-corrected chi connectivity index (χ2v) is 6.52. The van der Waals surface area contributed by atoms with E-state index in [4.69, 9.17) is 4.74 Å². The first-order chi connectivity index (χ1) is 12.7. The number of likely N-dealkylation sites (N-methyl/N-ethyl adjacent to an activating group) is 1. The van der Waals surface area contributed by atoms with Gasteiger partial charge in [0, 0.05) is 37.9 Å². The van der Waals surface area contributed by atoms with Crippen LogP contribution in [0.1, 0.15) is 31.0 Å². The molecule has 3 rings (SSSR count). The summed E-state index contributed by atoms with van der Waals surface area (Å²) in [5, 5.41) is 0. The van der Waals surface area contributed by atoms with Gasteiger partial charge in [0.1, 0.15) is 0 Å². The fourth-order valence-electron chi connectivity index (χ4n) is 3.06. The van der Waals surface area contributed by atoms with E-state index in [1.54, 1.807) is 11.0 Å². The van der Waals surface area contributed by atoms with Crippen LogP contribution in [0.4, 0.5) is 5.95 Å². The molecule has 2 heterocycles. The zero-order valence-electron chi connectivity index (χ0n) is 15.5. The lowest BCUT2D eigenvalue weighted by Crippen LogP contribution is -2.34. The van der Waals surface area contributed by atoms with Crippen LogP contribution in [0, 0.1) is 6.92 Å². The Balaban J connectivity index is 1.61. The normalized spacial score (nSPS) is 13.7. The van der Waals surface area contributed by atoms with Crippen molar-refractivity contribution in [1.82, 2.24) is 14.9 Å². The van der Waals surface area contributed by atoms with E-state index >= 15 is 0 Å². The van der Waals surface area contributed by atoms with Gasteiger partial charge < -0.3 is 14.5 Å². The maximum atomic E-state index is 12.5. The number of nitrogens with zero attached hydrogens (tertiary/aromatic N) is 4. The molecule has 1 fully saturated rings. The van der Waals surface area contributed by atoms with E-state index < -0.39 is 0 Å². The number of aryl methyl sites for hydroxylation is 1. The predicted octanol–water partition coefficient (Wildman–Crippen LogP) is 2.81. The molecule has 0 unspecified atom stereocenters. The van der Waals surface area contributed by atoms with E-state index in [0.717, 1.165) is 37.2 Å². The first kappa shape index (κ1) is 18.2. The van der Waals surface area contributed by atoms with Crippen molar-refractivity contribution in [3.05, 3.63) is 47.7 Å². The molecule has 26 heavy (non-hydrogen) atoms. The largest absolute Gasteiger partial charge is 0.467 e. The summed E-state index contributed by atoms with van der Waals surface area (Å²) in [5.41, 5.74) is 1.96. The zero-order valence-corrected chi connectivity index (χ0v) is 15.5. The lowest BCUT2D eigenvalue weighted by Gasteiger charge is -2.21. The Morgan fingerprint density at radius 2 is 1.92 bits per heavy atom. The van der Waals surface area contributed by atoms with Crippen molar-refractivity contribution in [2.24, 2.45) is 0 Å². The van der Waals surface area contributed by atoms with Crippen LogP contribution in [0.2, 0.25) is 0 Å². The van der Waals surface area contributed by atoms with Gasteiger partial charge in [-0.15, -0.1) is 0 Å². The first-order valence-electron chi connectivity index (χ1n) is 9.21. The van der Waals surface area contributed by atoms with Gasteiger partial charge in [0.2, 0.25) is 11.8 Å². The predicted molar refractivity (Wildman–Crippen MR) is 101 cm³/mol. The van der Waals surface area contributed by atoms with E-state index in [-0.39, 0.29) is 12.5 Å². The Morgan fingerprint density at radius 3 is 2.62 bits per heavy atom. The van der Waals surface area contributed by atoms with Gasteiger partial charge in [-0.2, -0.15) is 4.98 Å². The van der Waals surface area contributed by atoms with Crippen molar-refractivity contribution in [3.63, 3.8) is 0 Å². The third-order valence-electron chi connectivity index (χ3n) is 4.50. The van der Waals surface area contributed by atoms with Crippen molar-refractivity contribution in [2.45, 2.75) is 33.2 Å². The molecule has 0 radical (unpaired) electrons. The Kier molecular flexibility index (Phi) is 6.04. The fourth-order valence-corrected chi connectivity index (χ4v) is 3.06. The molecule has 2 aromatic rings. The number of anilines is 1. The van der Waals surface area contributed by atoms with Gasteiger partial charge in [-0.05, 0) is 32.3 Å². The number of carbonyl (C=O) groups is 1. The molecule has 0 N–H and O–H groups in total. The highest BCUT2D eigenvalue weighted by Gasteiger charge is 2.17. The fraction of sp³-hybridized carbons (Fsp3) is 0.450. The van der Waals surface area contributed by atoms with Gasteiger partial charge in [0.25, 0.3) is 5.91 Å². The molecular weight excluding hydrogens is 328 g/mol. The standard InChI is InChI=1S/C20H26N4O2/c1-3-23(14-17-9-5-4-6-10-17)19(25)15-26-18-13-16(2)21-20(22-18)24-11-7-8-12-24/h4-6,9-10,13H,3,7-8,11-12,14-15H2,1-2H3. The average Bonchev–Trinajstić information content (AvgIpc) is 3.19. The van der Waals surface area contributed by atoms with Gasteiger partial charge in [-0.25, -0.2) is 4.98 Å². The quantitative estimate of drug-likeness (QED) is 0.765. The molecule has 1 amide bonds. The number of hydrogen-bond acceptors (Lipinski definition) is 5. The molecule has 138 valence electrons. The molecule has 6 heteroatoms. The molecular formula is C20H26N4O2. The van der Waals surface area contributed by atoms with E-state index in [2.05, 4.69) is 14.9 Å². The van der Waals surface area contributed by atoms with Crippen molar-refractivity contribution < 1.29 is 9.53 Å². The van der Waals surface area contributed by atoms with Gasteiger partial charge in [0.15, 0.2) is 6.61 Å². The molecule has 1 saturated heterocycles. The van der Waals surface area contributed by atoms with Gasteiger partial charge >= 0.3 is 0 Å². The van der Waals surface area contributed by atoms with Gasteiger partial charge in [0.05, 0.1) is 0 Å². The molecule has 1 aromatic carbocycles. The summed E-state index contributed by atoms with van der Waals surface area (Å²) in [4.78, 5) is 25.4. The Morgan fingerprint density at radius 1 is 1.19 bits per heavy atom. The van der Waals surface area contributed by atoms with Gasteiger partial charge in [-0.3, -0.25) is 4.79 Å². The second kappa shape index (κ2) is 8.65. The van der Waals surface area contributed by atoms with Crippen LogP contribution in [0.5, 0.6) is 5.88 Å². The minimum atomic E-state index is -0.0460. The summed E-state index contributed by atoms with van der Waals surface area (Å²) < 4.78 is 5.70. The summed E-state index contributed by atoms with van der Waals surface area (Å²) in [5.74, 6) is 1.11. The molecule has 1 aliphatic rings. The Bertz CT molecular complexity index is 730. The second-order valence-electron chi connectivity index (χ2n) is 6.52. The lowest BCUT2D eigenvalue weighted by atomic mass is 10.2. The summed E-state index contributed by atoms with van der Waals surface area (Å²) >= 11 is 0. The highest BCUT2D eigenvalue weighted by molar-refractivity contribution is 5.77. The van der Waals surface area contributed by atoms with Crippen molar-refractivity contribution in [2.75, 3.05) is 31.1 Å². The van der Waals surface area contributed by atoms with Crippen LogP contribution in [0.3, 0.4) is 0 Å². The van der Waals surface area contributed by atoms with Gasteiger partial charge in [-0.1, -0.05) is 30.3 Å². The number of ether oxygens (including phenoxy) is 1. The molecule has 1 aromatic heterocycles. The number of hydrogen-bond donors (Lipinski definition) is 0. The SMILES string of the molecule is CCN(Cc1ccccc1)C(=O)COc1cc(C)nc(N2CCCC2)n1. The minimum Gasteiger partial charge on any atom is -0.467 e. The van der Waals surface area contributed by atoms with Crippen LogP contribution in [-0.2, 0) is 11.3 Å². The van der Waals surface area contributed by atoms with E-state index in [1.807, 2.05) is 44.2 Å². The third-order valence-corrected chi connectivity index (χ3v) is 4.50. The Hall–Kier alpha value is -2.63. The van der Waals surface area contributed by atoms with Crippen molar-refractivity contribution >= 4 is 11.9 Å². The highest BCUT2D eigenvalue weighted by Crippen LogP contribution is 2.19. The number of amides is 1. The van der Waals surface area contributed by atoms with Crippen LogP contribution < -0.4 is 9.64 Å². The van der Waals surface area contributed by atoms with Crippen LogP contribution in [0.15, 0.2) is 36.4 Å². The first-order valence-corrected chi connectivity index (χ1v) is 9.21. The number of aromatic nitrogens is 2. The molecule has 0 aliphatic carbocycles. The summed E-state index contributed by atoms with van der Waals surface area (Å²) in [6.07, 6.45) is 2.33. The number of rotatable bonds is 7. The topological polar surface area (TPSA) is 58.6 Å². The van der Waals surface area contributed by atoms with E-state index in [0.29, 0.717) is 24.9 Å². The smallest absolute Gasteiger partial charge is 0.260 e. The number of carbonyl (C=O) groups excluding carboxylic acids is 1. The highest BCUT2D eigenvalue weighted by atomic mass is 16.5. The van der Waals surface area contributed by atoms with E-state index in [1.165, 1.54) is 0 Å². The maximum Gasteiger partial charge on any atom is 0.260 e. The van der Waals surface area contributed by atoms with Crippen LogP contribution in [-0.4, -0.2) is 47.0 Å². The molecule has 1 aliphatic heterocycles. The van der Waals surface area contributed by atoms with Crippen molar-refractivity contribution in [1.29, 1.82) is 0 Å². The minimum absolute atomic E-state index is 0.0173. The van der Waals surface area contributed by atoms with Crippen molar-refractivity contribution in [3.8, 4) is 5.88 Å². The summed E-state index contributed by atoms with van der Waals surface area (Å²) in [6, 6.07) is 11.8. The molecule has 0 atom stereocenters. The summed E-state index contributed by atoms with van der Waals surface area (Å²) in [6.45, 7) is 7.05. The molecule has 6 nitrogen and oxygen atoms in total. The van der Waals surface area contributed by atoms with E-state index in [9.17, 15) is 4.79 Å². The maximum absolute atomic E-state index is 12.5. The molecule has 0 spiro atoms.